The van der Waals surface area contributed by atoms with Crippen LogP contribution in [0.25, 0.3) is 22.2 Å². The number of nitrogens with two attached hydrogens (primary N) is 1. The molecule has 3 N–H and O–H groups in total. The van der Waals surface area contributed by atoms with E-state index in [0.717, 1.165) is 16.6 Å². The quantitative estimate of drug-likeness (QED) is 0.275. The first kappa shape index (κ1) is 29.8. The summed E-state index contributed by atoms with van der Waals surface area (Å²) in [6, 6.07) is 0. The number of hydrogen-bond acceptors (Lipinski definition) is 8. The number of amides is 1. The second kappa shape index (κ2) is 11.4. The molecule has 0 saturated carbocycles. The number of nitrogens with zero attached hydrogens (tertiary/aromatic N) is 4. The van der Waals surface area contributed by atoms with Crippen molar-refractivity contribution in [3.05, 3.63) is 22.8 Å². The molecule has 0 fully saturated rings. The highest BCUT2D eigenvalue weighted by atomic mass is 31.0. The van der Waals surface area contributed by atoms with Gasteiger partial charge in [-0.2, -0.15) is 0 Å². The Balaban J connectivity index is 1.90. The first-order chi connectivity index (χ1) is 18.7. The zero-order valence-electron chi connectivity index (χ0n) is 24.7. The van der Waals surface area contributed by atoms with Crippen molar-refractivity contribution in [2.24, 2.45) is 0 Å². The van der Waals surface area contributed by atoms with Crippen LogP contribution in [0.15, 0.2) is 0 Å². The van der Waals surface area contributed by atoms with Crippen molar-refractivity contribution < 1.29 is 18.7 Å². The maximum Gasteiger partial charge on any atom is 0.410 e. The summed E-state index contributed by atoms with van der Waals surface area (Å²) in [5, 5.41) is 4.34. The lowest BCUT2D eigenvalue weighted by atomic mass is 9.84. The van der Waals surface area contributed by atoms with Crippen LogP contribution in [-0.2, 0) is 11.2 Å². The second-order valence-corrected chi connectivity index (χ2v) is 11.9. The molecule has 0 bridgehead atoms. The number of pyridine rings is 1. The number of halogens is 1. The van der Waals surface area contributed by atoms with E-state index in [-0.39, 0.29) is 23.2 Å². The fraction of sp³-hybridized carbons (Fsp3) is 0.500. The number of nitrogens with one attached hydrogen (secondary N) is 1. The molecule has 2 unspecified atom stereocenters. The van der Waals surface area contributed by atoms with E-state index in [1.165, 1.54) is 0 Å². The summed E-state index contributed by atoms with van der Waals surface area (Å²) in [4.78, 5) is 28.6. The third-order valence-corrected chi connectivity index (χ3v) is 7.86. The maximum atomic E-state index is 16.5. The van der Waals surface area contributed by atoms with Gasteiger partial charge < -0.3 is 25.4 Å². The van der Waals surface area contributed by atoms with E-state index in [1.807, 2.05) is 56.3 Å². The van der Waals surface area contributed by atoms with Gasteiger partial charge in [-0.15, -0.1) is 9.24 Å². The zero-order valence-corrected chi connectivity index (χ0v) is 25.8. The summed E-state index contributed by atoms with van der Waals surface area (Å²) in [5.74, 6) is 0.562. The number of aryl methyl sites for hydroxylation is 1. The molecule has 0 aliphatic carbocycles. The van der Waals surface area contributed by atoms with Crippen LogP contribution in [0.3, 0.4) is 0 Å². The number of hydrogen-bond donors (Lipinski definition) is 2. The van der Waals surface area contributed by atoms with Crippen molar-refractivity contribution in [2.75, 3.05) is 30.7 Å². The monoisotopic (exact) mass is 568 g/mol. The fourth-order valence-electron chi connectivity index (χ4n) is 4.76. The molecule has 4 rings (SSSR count). The van der Waals surface area contributed by atoms with Crippen LogP contribution in [0, 0.1) is 19.7 Å². The lowest BCUT2D eigenvalue weighted by Crippen LogP contribution is -2.40. The minimum atomic E-state index is -0.617. The number of carbonyl (C=O) groups excluding carboxylic acids is 1. The Labute approximate surface area is 238 Å². The largest absolute Gasteiger partial charge is 0.474 e. The van der Waals surface area contributed by atoms with Crippen LogP contribution in [-0.4, -0.2) is 65.1 Å². The predicted octanol–water partition coefficient (Wildman–Crippen LogP) is 3.17. The maximum absolute atomic E-state index is 16.5. The Bertz CT molecular complexity index is 1450. The minimum absolute atomic E-state index is 0.129. The SMILES string of the molecule is Bc1c(C)c(C)c(-c2nc3c4c(nc(CC)nc4c2F)NCCN(C(=O)OC(C)(C)C)CCC(C)O3)c(P)c1N. The van der Waals surface area contributed by atoms with E-state index >= 15 is 4.39 Å². The Morgan fingerprint density at radius 1 is 1.25 bits per heavy atom. The molecular formula is C28H39BFN6O3P. The second-order valence-electron chi connectivity index (χ2n) is 11.3. The number of carbonyl (C=O) groups is 1. The van der Waals surface area contributed by atoms with Gasteiger partial charge in [-0.25, -0.2) is 24.1 Å². The summed E-state index contributed by atoms with van der Waals surface area (Å²) in [6.45, 7) is 14.4. The Morgan fingerprint density at radius 2 is 1.95 bits per heavy atom. The van der Waals surface area contributed by atoms with Crippen LogP contribution in [0.4, 0.5) is 20.7 Å². The summed E-state index contributed by atoms with van der Waals surface area (Å²) < 4.78 is 28.5. The topological polar surface area (TPSA) is 115 Å². The van der Waals surface area contributed by atoms with Crippen LogP contribution in [0.1, 0.15) is 58.0 Å². The molecule has 0 saturated heterocycles. The van der Waals surface area contributed by atoms with Gasteiger partial charge in [0.25, 0.3) is 0 Å². The van der Waals surface area contributed by atoms with Crippen molar-refractivity contribution in [3.63, 3.8) is 0 Å². The van der Waals surface area contributed by atoms with Crippen molar-refractivity contribution in [3.8, 4) is 17.1 Å². The van der Waals surface area contributed by atoms with Gasteiger partial charge >= 0.3 is 6.09 Å². The minimum Gasteiger partial charge on any atom is -0.474 e. The van der Waals surface area contributed by atoms with Gasteiger partial charge in [0.1, 0.15) is 41.7 Å². The molecule has 40 heavy (non-hydrogen) atoms. The first-order valence-corrected chi connectivity index (χ1v) is 14.2. The molecular weight excluding hydrogens is 529 g/mol. The number of benzene rings is 1. The molecule has 2 aromatic heterocycles. The van der Waals surface area contributed by atoms with E-state index < -0.39 is 17.5 Å². The van der Waals surface area contributed by atoms with Gasteiger partial charge in [-0.05, 0) is 47.1 Å². The van der Waals surface area contributed by atoms with Crippen LogP contribution in [0.5, 0.6) is 5.88 Å². The molecule has 1 aliphatic rings. The van der Waals surface area contributed by atoms with Crippen molar-refractivity contribution in [1.29, 1.82) is 0 Å². The van der Waals surface area contributed by atoms with Crippen LogP contribution >= 0.6 is 9.24 Å². The lowest BCUT2D eigenvalue weighted by molar-refractivity contribution is 0.0238. The lowest BCUT2D eigenvalue weighted by Gasteiger charge is -2.28. The van der Waals surface area contributed by atoms with Gasteiger partial charge in [0.05, 0.1) is 6.10 Å². The van der Waals surface area contributed by atoms with E-state index in [9.17, 15) is 4.79 Å². The van der Waals surface area contributed by atoms with Crippen molar-refractivity contribution >= 4 is 56.4 Å². The number of nitrogen functional groups attached to an aromatic ring is 1. The number of ether oxygens (including phenoxy) is 2. The molecule has 0 spiro atoms. The summed E-state index contributed by atoms with van der Waals surface area (Å²) in [7, 11) is 4.60. The smallest absolute Gasteiger partial charge is 0.410 e. The number of rotatable bonds is 2. The van der Waals surface area contributed by atoms with Crippen LogP contribution in [0.2, 0.25) is 0 Å². The number of anilines is 2. The zero-order chi connectivity index (χ0) is 29.5. The third kappa shape index (κ3) is 5.80. The standard InChI is InChI=1S/C28H39BFN6O3P/c1-8-16-33-23-18-25(34-16)32-10-12-36(27(37)39-28(5,6)7)11-9-13(2)38-26(18)35-22(20(23)30)17-14(3)15(4)19(29)21(31)24(17)40/h13H,8-12,29,31,40H2,1-7H3,(H,32,33,34). The van der Waals surface area contributed by atoms with E-state index in [0.29, 0.717) is 66.1 Å². The molecule has 0 radical (unpaired) electrons. The normalized spacial score (nSPS) is 16.2. The van der Waals surface area contributed by atoms with Gasteiger partial charge in [0.2, 0.25) is 5.88 Å². The third-order valence-electron chi connectivity index (χ3n) is 7.26. The molecule has 214 valence electrons. The molecule has 1 amide bonds. The molecule has 2 atom stereocenters. The summed E-state index contributed by atoms with van der Waals surface area (Å²) in [5.41, 5.74) is 10.1. The van der Waals surface area contributed by atoms with Gasteiger partial charge in [0, 0.05) is 49.0 Å². The molecule has 12 heteroatoms. The highest BCUT2D eigenvalue weighted by molar-refractivity contribution is 7.28. The first-order valence-electron chi connectivity index (χ1n) is 13.7. The Morgan fingerprint density at radius 3 is 2.60 bits per heavy atom. The van der Waals surface area contributed by atoms with Gasteiger partial charge in [-0.3, -0.25) is 0 Å². The molecule has 9 nitrogen and oxygen atoms in total. The van der Waals surface area contributed by atoms with Gasteiger partial charge in [0.15, 0.2) is 5.82 Å². The Kier molecular flexibility index (Phi) is 8.45. The fourth-order valence-corrected chi connectivity index (χ4v) is 5.33. The van der Waals surface area contributed by atoms with Crippen LogP contribution < -0.4 is 26.6 Å². The van der Waals surface area contributed by atoms with Crippen molar-refractivity contribution in [2.45, 2.75) is 73.0 Å². The number of aromatic nitrogens is 3. The van der Waals surface area contributed by atoms with E-state index in [4.69, 9.17) is 20.2 Å². The predicted molar refractivity (Wildman–Crippen MR) is 165 cm³/mol. The molecule has 3 heterocycles. The summed E-state index contributed by atoms with van der Waals surface area (Å²) >= 11 is 0. The average Bonchev–Trinajstić information content (AvgIpc) is 2.91. The van der Waals surface area contributed by atoms with E-state index in [2.05, 4.69) is 24.5 Å². The molecule has 1 aliphatic heterocycles. The van der Waals surface area contributed by atoms with E-state index in [1.54, 1.807) is 4.90 Å². The van der Waals surface area contributed by atoms with Crippen molar-refractivity contribution in [1.82, 2.24) is 19.9 Å². The molecule has 1 aromatic carbocycles. The molecule has 3 aromatic rings. The highest BCUT2D eigenvalue weighted by Crippen LogP contribution is 2.38. The summed E-state index contributed by atoms with van der Waals surface area (Å²) in [6.07, 6.45) is 0.269. The average molecular weight is 568 g/mol. The Hall–Kier alpha value is -3.20. The highest BCUT2D eigenvalue weighted by Gasteiger charge is 2.28. The van der Waals surface area contributed by atoms with Gasteiger partial charge in [-0.1, -0.05) is 17.9 Å².